The minimum absolute atomic E-state index is 0. The molecule has 594 valence electrons. The molecule has 0 saturated carbocycles. The third-order valence-corrected chi connectivity index (χ3v) is 28.0. The van der Waals surface area contributed by atoms with Gasteiger partial charge in [-0.25, -0.2) is 4.98 Å². The first kappa shape index (κ1) is 78.0. The summed E-state index contributed by atoms with van der Waals surface area (Å²) >= 11 is 3.53. The molecule has 2 spiro atoms. The third kappa shape index (κ3) is 11.9. The first-order chi connectivity index (χ1) is 57.9. The van der Waals surface area contributed by atoms with Gasteiger partial charge in [-0.2, -0.15) is 0 Å². The van der Waals surface area contributed by atoms with Crippen LogP contribution in [-0.4, -0.2) is 64.7 Å². The maximum Gasteiger partial charge on any atom is 0.514 e. The smallest absolute Gasteiger partial charge is 0.457 e. The summed E-state index contributed by atoms with van der Waals surface area (Å²) in [7, 11) is -1.47. The van der Waals surface area contributed by atoms with Crippen molar-refractivity contribution in [3.63, 3.8) is 0 Å². The van der Waals surface area contributed by atoms with Crippen molar-refractivity contribution < 1.29 is 37.4 Å². The Morgan fingerprint density at radius 3 is 0.810 bits per heavy atom. The molecule has 0 amide bonds. The fourth-order valence-corrected chi connectivity index (χ4v) is 19.9. The van der Waals surface area contributed by atoms with Gasteiger partial charge in [-0.15, -0.1) is 0 Å². The van der Waals surface area contributed by atoms with Crippen molar-refractivity contribution in [2.45, 2.75) is 135 Å². The average Bonchev–Trinajstić information content (AvgIpc) is 1.53. The summed E-state index contributed by atoms with van der Waals surface area (Å²) in [4.78, 5) is 9.55. The molecule has 16 aromatic rings. The van der Waals surface area contributed by atoms with E-state index in [0.717, 1.165) is 44.3 Å². The Labute approximate surface area is 717 Å². The zero-order valence-corrected chi connectivity index (χ0v) is 70.9. The number of para-hydroxylation sites is 4. The summed E-state index contributed by atoms with van der Waals surface area (Å²) in [6.07, 6.45) is 3.94. The van der Waals surface area contributed by atoms with E-state index < -0.39 is 43.2 Å². The minimum Gasteiger partial charge on any atom is -0.457 e. The van der Waals surface area contributed by atoms with E-state index in [-0.39, 0.29) is 29.8 Å². The Hall–Kier alpha value is -11.5. The Morgan fingerprint density at radius 1 is 0.248 bits per heavy atom. The highest BCUT2D eigenvalue weighted by Crippen LogP contribution is 2.65. The molecule has 23 rings (SSSR count). The van der Waals surface area contributed by atoms with Gasteiger partial charge in [-0.1, -0.05) is 262 Å². The molecule has 0 radical (unpaired) electrons. The molecule has 14 heteroatoms. The molecule has 0 bridgehead atoms. The Balaban J connectivity index is 0.000000128. The summed E-state index contributed by atoms with van der Waals surface area (Å²) in [6, 6.07) is 110. The lowest BCUT2D eigenvalue weighted by molar-refractivity contribution is 0.00578. The Bertz CT molecular complexity index is 6610. The number of hydrogen-bond donors (Lipinski definition) is 0. The van der Waals surface area contributed by atoms with Crippen molar-refractivity contribution in [1.29, 1.82) is 0 Å². The van der Waals surface area contributed by atoms with Gasteiger partial charge in [0.15, 0.2) is 0 Å². The fraction of sp³-hybridized carbons (Fsp3) is 0.196. The molecule has 2 aliphatic carbocycles. The predicted molar refractivity (Wildman–Crippen MR) is 497 cm³/mol. The van der Waals surface area contributed by atoms with E-state index >= 15 is 0 Å². The van der Waals surface area contributed by atoms with Gasteiger partial charge in [-0.05, 0) is 269 Å². The van der Waals surface area contributed by atoms with Crippen molar-refractivity contribution in [3.8, 4) is 89.8 Å². The van der Waals surface area contributed by atoms with E-state index in [2.05, 4.69) is 346 Å². The lowest BCUT2D eigenvalue weighted by Crippen LogP contribution is -2.41. The van der Waals surface area contributed by atoms with Crippen LogP contribution in [0.2, 0.25) is 0 Å². The summed E-state index contributed by atoms with van der Waals surface area (Å²) < 4.78 is 50.6. The van der Waals surface area contributed by atoms with Gasteiger partial charge in [0.05, 0.1) is 50.0 Å². The molecule has 0 N–H and O–H groups in total. The number of benzene rings is 14. The molecule has 0 unspecified atom stereocenters. The largest absolute Gasteiger partial charge is 0.514 e. The maximum absolute atomic E-state index is 6.61. The minimum atomic E-state index is -0.538. The van der Waals surface area contributed by atoms with Gasteiger partial charge in [-0.3, -0.25) is 4.98 Å². The molecule has 3 fully saturated rings. The number of fused-ring (bicyclic) bond motifs is 22. The molecule has 2 aromatic heterocycles. The van der Waals surface area contributed by atoms with Crippen LogP contribution in [0.5, 0.6) is 23.0 Å². The molecule has 0 atom stereocenters. The van der Waals surface area contributed by atoms with E-state index in [4.69, 9.17) is 42.4 Å². The monoisotopic (exact) mass is 1640 g/mol. The van der Waals surface area contributed by atoms with E-state index in [1.807, 2.05) is 73.8 Å². The molecule has 7 aliphatic rings. The van der Waals surface area contributed by atoms with Crippen molar-refractivity contribution in [2.24, 2.45) is 0 Å². The van der Waals surface area contributed by atoms with E-state index in [9.17, 15) is 0 Å². The van der Waals surface area contributed by atoms with Gasteiger partial charge in [0, 0.05) is 45.8 Å². The molecule has 5 aliphatic heterocycles. The maximum atomic E-state index is 6.61. The van der Waals surface area contributed by atoms with Gasteiger partial charge in [0.25, 0.3) is 0 Å². The van der Waals surface area contributed by atoms with E-state index in [0.29, 0.717) is 0 Å². The Kier molecular flexibility index (Phi) is 18.4. The first-order valence-electron chi connectivity index (χ1n) is 41.6. The van der Waals surface area contributed by atoms with E-state index in [1.165, 1.54) is 143 Å². The normalized spacial score (nSPS) is 17.6. The van der Waals surface area contributed by atoms with Crippen LogP contribution < -0.4 is 15.1 Å². The highest BCUT2D eigenvalue weighted by molar-refractivity contribution is 9.10. The number of pyridine rings is 2. The second-order valence-electron chi connectivity index (χ2n) is 35.7. The van der Waals surface area contributed by atoms with Crippen LogP contribution in [-0.2, 0) is 38.8 Å². The molecular weight excluding hydrogens is 1550 g/mol. The molecule has 10 nitrogen and oxygen atoms in total. The molecular formula is C107H92B3BrN2O8. The van der Waals surface area contributed by atoms with E-state index in [1.54, 1.807) is 0 Å². The quantitative estimate of drug-likeness (QED) is 0.0909. The molecule has 7 heterocycles. The number of halogens is 1. The van der Waals surface area contributed by atoms with Crippen molar-refractivity contribution >= 4 is 85.7 Å². The van der Waals surface area contributed by atoms with Crippen molar-refractivity contribution in [1.82, 2.24) is 9.97 Å². The lowest BCUT2D eigenvalue weighted by atomic mass is 9.49. The fourth-order valence-electron chi connectivity index (χ4n) is 19.7. The molecule has 3 saturated heterocycles. The van der Waals surface area contributed by atoms with Gasteiger partial charge in [0.2, 0.25) is 0 Å². The lowest BCUT2D eigenvalue weighted by Gasteiger charge is -2.39. The highest BCUT2D eigenvalue weighted by atomic mass is 79.9. The number of ether oxygens (including phenoxy) is 2. The molecule has 121 heavy (non-hydrogen) atoms. The third-order valence-electron chi connectivity index (χ3n) is 27.5. The summed E-state index contributed by atoms with van der Waals surface area (Å²) in [5.74, 6) is 3.60. The number of rotatable bonds is 6. The average molecular weight is 1650 g/mol. The number of hydrogen-bond acceptors (Lipinski definition) is 10. The predicted octanol–water partition coefficient (Wildman–Crippen LogP) is 26.3. The zero-order chi connectivity index (χ0) is 82.2. The number of nitrogens with zero attached hydrogens (tertiary/aromatic N) is 2. The van der Waals surface area contributed by atoms with Crippen LogP contribution in [0.1, 0.15) is 135 Å². The summed E-state index contributed by atoms with van der Waals surface area (Å²) in [5.41, 5.74) is 21.7. The second-order valence-corrected chi connectivity index (χ2v) is 36.5. The topological polar surface area (TPSA) is 99.6 Å². The zero-order valence-electron chi connectivity index (χ0n) is 69.3. The van der Waals surface area contributed by atoms with Gasteiger partial charge >= 0.3 is 21.1 Å². The van der Waals surface area contributed by atoms with Crippen LogP contribution in [0.25, 0.3) is 110 Å². The SMILES string of the molecule is Brc1ccc(-c2c3ccccc3c(-c3ccc4c(c3)C3(c5ccccc5Oc5ccccc53)c3ccccc3-4)c3ccccc23)cn1.C.CC1(C)OB(B2OC(C)(C)C(C)(C)O2)OC1(C)C.CC1(C)OB(c2ccc(-c3c4ccccc4c(-c4ccc5c(c4)C4(c6ccccc6Oc6ccccc64)c4ccccc4-5)c4ccccc34)cn2)OC1(C)C. The van der Waals surface area contributed by atoms with Gasteiger partial charge in [0.1, 0.15) is 27.6 Å². The van der Waals surface area contributed by atoms with Crippen molar-refractivity contribution in [2.75, 3.05) is 0 Å². The standard InChI is InChI=1S/C50H38BNO3.C44H26BrNO.C12H24B2O4.CH4/c1-48(2)49(3,4)55-51(54-48)45-28-26-32(30-52-45)47-37-18-7-5-16-35(37)46(36-17-6-8-19-38(36)47)31-25-27-34-33-15-9-10-20-39(33)50(42(34)29-31)40-21-11-13-23-43(40)53-44-24-14-12-22-41(44)50;45-41-24-22-28(26-46-41)43-33-14-3-1-12-31(33)42(32-13-2-4-15-34(32)43)27-21-23-30-29-11-5-6-16-35(29)44(38(30)25-27)36-17-7-9-19-39(36)47-40-20-10-8-18-37(40)44;1-9(2)10(3,4)16-13(15-9)14-17-11(5,6)12(7,8)18-14;/h5-30H,1-4H3;1-26H;1-8H3;1H4. The Morgan fingerprint density at radius 2 is 0.504 bits per heavy atom. The molecule has 14 aromatic carbocycles. The summed E-state index contributed by atoms with van der Waals surface area (Å²) in [5, 5.41) is 9.63. The summed E-state index contributed by atoms with van der Waals surface area (Å²) in [6.45, 7) is 24.5. The van der Waals surface area contributed by atoms with Crippen LogP contribution >= 0.6 is 15.9 Å². The first-order valence-corrected chi connectivity index (χ1v) is 42.4. The van der Waals surface area contributed by atoms with Crippen molar-refractivity contribution in [3.05, 3.63) is 365 Å². The van der Waals surface area contributed by atoms with Gasteiger partial charge < -0.3 is 37.4 Å². The van der Waals surface area contributed by atoms with Crippen LogP contribution in [0.4, 0.5) is 0 Å². The van der Waals surface area contributed by atoms with Crippen LogP contribution in [0, 0.1) is 0 Å². The highest BCUT2D eigenvalue weighted by Gasteiger charge is 2.64. The second kappa shape index (κ2) is 28.5. The number of aromatic nitrogens is 2. The van der Waals surface area contributed by atoms with Crippen LogP contribution in [0.3, 0.4) is 0 Å². The van der Waals surface area contributed by atoms with Crippen LogP contribution in [0.15, 0.2) is 320 Å².